The van der Waals surface area contributed by atoms with Crippen LogP contribution in [0.1, 0.15) is 31.2 Å². The second kappa shape index (κ2) is 5.96. The first-order chi connectivity index (χ1) is 10.9. The molecule has 0 unspecified atom stereocenters. The highest BCUT2D eigenvalue weighted by atomic mass is 32.2. The summed E-state index contributed by atoms with van der Waals surface area (Å²) < 4.78 is 26.4. The fraction of sp³-hybridized carbons (Fsp3) is 0.500. The second-order valence-electron chi connectivity index (χ2n) is 6.09. The van der Waals surface area contributed by atoms with Crippen LogP contribution in [-0.2, 0) is 19.6 Å². The van der Waals surface area contributed by atoms with Crippen molar-refractivity contribution in [1.82, 2.24) is 9.21 Å². The van der Waals surface area contributed by atoms with Gasteiger partial charge in [0.15, 0.2) is 0 Å². The third kappa shape index (κ3) is 2.85. The van der Waals surface area contributed by atoms with Gasteiger partial charge in [0.2, 0.25) is 11.8 Å². The van der Waals surface area contributed by atoms with E-state index in [9.17, 15) is 18.0 Å². The Morgan fingerprint density at radius 1 is 1.13 bits per heavy atom. The van der Waals surface area contributed by atoms with Gasteiger partial charge in [0.1, 0.15) is 6.04 Å². The Morgan fingerprint density at radius 3 is 2.35 bits per heavy atom. The Morgan fingerprint density at radius 2 is 1.74 bits per heavy atom. The van der Waals surface area contributed by atoms with Crippen molar-refractivity contribution < 1.29 is 18.0 Å². The van der Waals surface area contributed by atoms with Crippen LogP contribution < -0.4 is 0 Å². The summed E-state index contributed by atoms with van der Waals surface area (Å²) in [6, 6.07) is 5.43. The van der Waals surface area contributed by atoms with Crippen molar-refractivity contribution >= 4 is 21.8 Å². The molecule has 23 heavy (non-hydrogen) atoms. The summed E-state index contributed by atoms with van der Waals surface area (Å²) in [7, 11) is -3.99. The summed E-state index contributed by atoms with van der Waals surface area (Å²) in [4.78, 5) is 26.5. The normalized spacial score (nSPS) is 22.0. The largest absolute Gasteiger partial charge is 0.341 e. The summed E-state index contributed by atoms with van der Waals surface area (Å²) >= 11 is 0. The molecule has 0 bridgehead atoms. The van der Waals surface area contributed by atoms with E-state index in [0.717, 1.165) is 22.7 Å². The van der Waals surface area contributed by atoms with Gasteiger partial charge in [-0.05, 0) is 38.3 Å². The smallest absolute Gasteiger partial charge is 0.267 e. The van der Waals surface area contributed by atoms with E-state index in [1.165, 1.54) is 12.1 Å². The van der Waals surface area contributed by atoms with E-state index < -0.39 is 22.0 Å². The van der Waals surface area contributed by atoms with Gasteiger partial charge >= 0.3 is 0 Å². The first kappa shape index (κ1) is 16.0. The number of sulfonamides is 1. The topological polar surface area (TPSA) is 74.8 Å². The number of carbonyl (C=O) groups excluding carboxylic acids is 2. The van der Waals surface area contributed by atoms with Gasteiger partial charge in [0.05, 0.1) is 4.90 Å². The number of likely N-dealkylation sites (tertiary alicyclic amines) is 1. The molecule has 7 heteroatoms. The van der Waals surface area contributed by atoms with Crippen LogP contribution in [-0.4, -0.2) is 48.6 Å². The van der Waals surface area contributed by atoms with Crippen molar-refractivity contribution in [2.45, 2.75) is 43.5 Å². The lowest BCUT2D eigenvalue weighted by Gasteiger charge is -2.27. The number of amides is 2. The third-order valence-electron chi connectivity index (χ3n) is 4.44. The number of benzene rings is 1. The molecule has 6 nitrogen and oxygen atoms in total. The minimum absolute atomic E-state index is 0.0533. The van der Waals surface area contributed by atoms with Crippen LogP contribution in [0.4, 0.5) is 0 Å². The molecule has 0 radical (unpaired) electrons. The van der Waals surface area contributed by atoms with Gasteiger partial charge in [0.25, 0.3) is 10.0 Å². The number of hydrogen-bond acceptors (Lipinski definition) is 4. The maximum absolute atomic E-state index is 12.8. The lowest BCUT2D eigenvalue weighted by Crippen LogP contribution is -2.48. The summed E-state index contributed by atoms with van der Waals surface area (Å²) in [5.74, 6) is -0.743. The van der Waals surface area contributed by atoms with Crippen LogP contribution in [0.15, 0.2) is 29.2 Å². The summed E-state index contributed by atoms with van der Waals surface area (Å²) in [6.07, 6.45) is 2.21. The molecular formula is C16H20N2O4S. The molecule has 2 aliphatic rings. The molecule has 2 fully saturated rings. The van der Waals surface area contributed by atoms with Gasteiger partial charge in [0, 0.05) is 19.5 Å². The highest BCUT2D eigenvalue weighted by molar-refractivity contribution is 7.89. The van der Waals surface area contributed by atoms with Crippen LogP contribution in [0.5, 0.6) is 0 Å². The minimum Gasteiger partial charge on any atom is -0.341 e. The predicted molar refractivity (Wildman–Crippen MR) is 84.0 cm³/mol. The van der Waals surface area contributed by atoms with Crippen molar-refractivity contribution in [3.05, 3.63) is 29.8 Å². The van der Waals surface area contributed by atoms with E-state index in [-0.39, 0.29) is 23.6 Å². The van der Waals surface area contributed by atoms with Crippen LogP contribution in [0.2, 0.25) is 0 Å². The summed E-state index contributed by atoms with van der Waals surface area (Å²) in [5.41, 5.74) is 0.932. The molecule has 124 valence electrons. The molecule has 3 rings (SSSR count). The molecule has 2 aliphatic heterocycles. The predicted octanol–water partition coefficient (Wildman–Crippen LogP) is 1.30. The van der Waals surface area contributed by atoms with Gasteiger partial charge < -0.3 is 4.90 Å². The molecule has 0 aromatic heterocycles. The van der Waals surface area contributed by atoms with Gasteiger partial charge in [-0.2, -0.15) is 0 Å². The number of rotatable bonds is 3. The highest BCUT2D eigenvalue weighted by Gasteiger charge is 2.45. The van der Waals surface area contributed by atoms with E-state index >= 15 is 0 Å². The maximum Gasteiger partial charge on any atom is 0.267 e. The molecular weight excluding hydrogens is 316 g/mol. The molecule has 0 N–H and O–H groups in total. The Balaban J connectivity index is 1.92. The molecule has 0 aliphatic carbocycles. The number of aryl methyl sites for hydroxylation is 1. The molecule has 0 saturated carbocycles. The first-order valence-electron chi connectivity index (χ1n) is 7.84. The fourth-order valence-corrected chi connectivity index (χ4v) is 4.76. The van der Waals surface area contributed by atoms with Crippen LogP contribution >= 0.6 is 0 Å². The molecule has 1 aromatic carbocycles. The van der Waals surface area contributed by atoms with E-state index in [0.29, 0.717) is 13.1 Å². The van der Waals surface area contributed by atoms with Gasteiger partial charge in [-0.1, -0.05) is 17.7 Å². The molecule has 2 saturated heterocycles. The van der Waals surface area contributed by atoms with Crippen molar-refractivity contribution in [2.24, 2.45) is 0 Å². The highest BCUT2D eigenvalue weighted by Crippen LogP contribution is 2.29. The summed E-state index contributed by atoms with van der Waals surface area (Å²) in [6.45, 7) is 3.14. The molecule has 2 heterocycles. The fourth-order valence-electron chi connectivity index (χ4n) is 3.16. The Kier molecular flexibility index (Phi) is 4.14. The van der Waals surface area contributed by atoms with Crippen molar-refractivity contribution in [3.63, 3.8) is 0 Å². The Hall–Kier alpha value is -1.89. The Labute approximate surface area is 136 Å². The number of hydrogen-bond donors (Lipinski definition) is 0. The SMILES string of the molecule is Cc1ccc(S(=O)(=O)N2C(=O)CC[C@H]2C(=O)N2CCCC2)cc1. The van der Waals surface area contributed by atoms with Gasteiger partial charge in [-0.25, -0.2) is 12.7 Å². The maximum atomic E-state index is 12.8. The number of carbonyl (C=O) groups is 2. The zero-order valence-corrected chi connectivity index (χ0v) is 13.9. The lowest BCUT2D eigenvalue weighted by atomic mass is 10.2. The van der Waals surface area contributed by atoms with Crippen molar-refractivity contribution in [2.75, 3.05) is 13.1 Å². The zero-order valence-electron chi connectivity index (χ0n) is 13.1. The second-order valence-corrected chi connectivity index (χ2v) is 7.91. The van der Waals surface area contributed by atoms with Gasteiger partial charge in [-0.3, -0.25) is 9.59 Å². The monoisotopic (exact) mass is 336 g/mol. The van der Waals surface area contributed by atoms with E-state index in [1.807, 2.05) is 6.92 Å². The quantitative estimate of drug-likeness (QED) is 0.834. The first-order valence-corrected chi connectivity index (χ1v) is 9.28. The van der Waals surface area contributed by atoms with Crippen molar-refractivity contribution in [1.29, 1.82) is 0 Å². The standard InChI is InChI=1S/C16H20N2O4S/c1-12-4-6-13(7-5-12)23(21,22)18-14(8-9-15(18)19)16(20)17-10-2-3-11-17/h4-7,14H,2-3,8-11H2,1H3/t14-/m0/s1. The molecule has 2 amide bonds. The van der Waals surface area contributed by atoms with Crippen LogP contribution in [0, 0.1) is 6.92 Å². The molecule has 0 spiro atoms. The van der Waals surface area contributed by atoms with E-state index in [2.05, 4.69) is 0 Å². The molecule has 1 aromatic rings. The van der Waals surface area contributed by atoms with Crippen LogP contribution in [0.3, 0.4) is 0 Å². The van der Waals surface area contributed by atoms with E-state index in [4.69, 9.17) is 0 Å². The van der Waals surface area contributed by atoms with Gasteiger partial charge in [-0.15, -0.1) is 0 Å². The average Bonchev–Trinajstić information content (AvgIpc) is 3.16. The zero-order chi connectivity index (χ0) is 16.6. The van der Waals surface area contributed by atoms with Crippen molar-refractivity contribution in [3.8, 4) is 0 Å². The minimum atomic E-state index is -3.99. The molecule has 1 atom stereocenters. The average molecular weight is 336 g/mol. The Bertz CT molecular complexity index is 721. The van der Waals surface area contributed by atoms with Crippen LogP contribution in [0.25, 0.3) is 0 Å². The summed E-state index contributed by atoms with van der Waals surface area (Å²) in [5, 5.41) is 0. The van der Waals surface area contributed by atoms with E-state index in [1.54, 1.807) is 17.0 Å². The third-order valence-corrected chi connectivity index (χ3v) is 6.29. The number of nitrogens with zero attached hydrogens (tertiary/aromatic N) is 2. The lowest BCUT2D eigenvalue weighted by molar-refractivity contribution is -0.136.